The second-order valence-electron chi connectivity index (χ2n) is 6.91. The summed E-state index contributed by atoms with van der Waals surface area (Å²) in [5.41, 5.74) is 0.896. The normalized spacial score (nSPS) is 15.8. The first-order valence-electron chi connectivity index (χ1n) is 9.18. The van der Waals surface area contributed by atoms with Crippen molar-refractivity contribution in [3.8, 4) is 5.75 Å². The quantitative estimate of drug-likeness (QED) is 0.628. The van der Waals surface area contributed by atoms with Crippen LogP contribution >= 0.6 is 11.3 Å². The van der Waals surface area contributed by atoms with Gasteiger partial charge in [0.1, 0.15) is 10.6 Å². The number of aryl methyl sites for hydroxylation is 2. The Morgan fingerprint density at radius 3 is 2.38 bits per heavy atom. The van der Waals surface area contributed by atoms with Crippen molar-refractivity contribution < 1.29 is 17.9 Å². The van der Waals surface area contributed by atoms with Crippen molar-refractivity contribution in [2.45, 2.75) is 11.8 Å². The minimum absolute atomic E-state index is 0.0629. The highest BCUT2D eigenvalue weighted by Crippen LogP contribution is 2.29. The van der Waals surface area contributed by atoms with Crippen LogP contribution in [0.2, 0.25) is 0 Å². The molecule has 1 fully saturated rings. The summed E-state index contributed by atoms with van der Waals surface area (Å²) in [6.07, 6.45) is 0. The number of amides is 1. The number of hydrogen-bond acceptors (Lipinski definition) is 6. The fourth-order valence-electron chi connectivity index (χ4n) is 3.49. The zero-order valence-corrected chi connectivity index (χ0v) is 18.1. The summed E-state index contributed by atoms with van der Waals surface area (Å²) in [6.45, 7) is 3.18. The lowest BCUT2D eigenvalue weighted by Gasteiger charge is -2.33. The van der Waals surface area contributed by atoms with E-state index in [2.05, 4.69) is 5.10 Å². The average Bonchev–Trinajstić information content (AvgIpc) is 3.29. The van der Waals surface area contributed by atoms with Crippen LogP contribution in [0.15, 0.2) is 35.2 Å². The van der Waals surface area contributed by atoms with E-state index in [9.17, 15) is 13.2 Å². The molecular formula is C19H22N4O4S2. The highest BCUT2D eigenvalue weighted by molar-refractivity contribution is 7.89. The van der Waals surface area contributed by atoms with Crippen molar-refractivity contribution in [2.24, 2.45) is 7.05 Å². The Hall–Kier alpha value is -2.43. The Kier molecular flexibility index (Phi) is 5.09. The third kappa shape index (κ3) is 3.52. The number of methoxy groups -OCH3 is 1. The summed E-state index contributed by atoms with van der Waals surface area (Å²) in [4.78, 5) is 16.5. The predicted molar refractivity (Wildman–Crippen MR) is 111 cm³/mol. The number of rotatable bonds is 4. The SMILES string of the molecule is COc1ccc(S(=O)(=O)N2CCN(C(=O)c3cc4c(C)nn(C)c4s3)CC2)cc1. The van der Waals surface area contributed by atoms with Crippen LogP contribution in [0.3, 0.4) is 0 Å². The number of ether oxygens (including phenoxy) is 1. The number of piperazine rings is 1. The van der Waals surface area contributed by atoms with E-state index in [1.807, 2.05) is 20.0 Å². The van der Waals surface area contributed by atoms with Crippen molar-refractivity contribution >= 4 is 37.5 Å². The van der Waals surface area contributed by atoms with Crippen LogP contribution in [0.1, 0.15) is 15.4 Å². The molecule has 0 bridgehead atoms. The number of hydrogen-bond donors (Lipinski definition) is 0. The Morgan fingerprint density at radius 1 is 1.14 bits per heavy atom. The monoisotopic (exact) mass is 434 g/mol. The topological polar surface area (TPSA) is 84.7 Å². The van der Waals surface area contributed by atoms with Gasteiger partial charge in [0.25, 0.3) is 5.91 Å². The summed E-state index contributed by atoms with van der Waals surface area (Å²) >= 11 is 1.42. The van der Waals surface area contributed by atoms with E-state index < -0.39 is 10.0 Å². The highest BCUT2D eigenvalue weighted by atomic mass is 32.2. The van der Waals surface area contributed by atoms with E-state index >= 15 is 0 Å². The summed E-state index contributed by atoms with van der Waals surface area (Å²) < 4.78 is 34.0. The van der Waals surface area contributed by atoms with E-state index in [1.54, 1.807) is 33.8 Å². The number of fused-ring (bicyclic) bond motifs is 1. The number of nitrogens with zero attached hydrogens (tertiary/aromatic N) is 4. The molecule has 1 amide bonds. The number of aromatic nitrogens is 2. The number of benzene rings is 1. The van der Waals surface area contributed by atoms with E-state index in [0.717, 1.165) is 15.9 Å². The van der Waals surface area contributed by atoms with Crippen LogP contribution in [-0.2, 0) is 17.1 Å². The van der Waals surface area contributed by atoms with Crippen LogP contribution in [0.4, 0.5) is 0 Å². The lowest BCUT2D eigenvalue weighted by molar-refractivity contribution is 0.0703. The van der Waals surface area contributed by atoms with Gasteiger partial charge in [0.05, 0.1) is 22.6 Å². The zero-order chi connectivity index (χ0) is 20.8. The molecule has 8 nitrogen and oxygen atoms in total. The van der Waals surface area contributed by atoms with Gasteiger partial charge in [-0.2, -0.15) is 9.40 Å². The molecule has 0 atom stereocenters. The maximum Gasteiger partial charge on any atom is 0.264 e. The molecule has 1 aliphatic rings. The highest BCUT2D eigenvalue weighted by Gasteiger charge is 2.31. The van der Waals surface area contributed by atoms with Crippen LogP contribution in [0.25, 0.3) is 10.2 Å². The third-order valence-electron chi connectivity index (χ3n) is 5.13. The van der Waals surface area contributed by atoms with E-state index in [4.69, 9.17) is 4.74 Å². The van der Waals surface area contributed by atoms with Gasteiger partial charge in [-0.25, -0.2) is 8.42 Å². The molecule has 0 aliphatic carbocycles. The van der Waals surface area contributed by atoms with Gasteiger partial charge in [-0.05, 0) is 37.3 Å². The van der Waals surface area contributed by atoms with E-state index in [1.165, 1.54) is 22.8 Å². The zero-order valence-electron chi connectivity index (χ0n) is 16.5. The molecule has 0 unspecified atom stereocenters. The molecule has 3 aromatic rings. The summed E-state index contributed by atoms with van der Waals surface area (Å²) in [5.74, 6) is 0.542. The van der Waals surface area contributed by atoms with Gasteiger partial charge < -0.3 is 9.64 Å². The van der Waals surface area contributed by atoms with Crippen LogP contribution in [0, 0.1) is 6.92 Å². The van der Waals surface area contributed by atoms with Crippen LogP contribution in [-0.4, -0.2) is 66.6 Å². The first kappa shape index (κ1) is 19.9. The van der Waals surface area contributed by atoms with Gasteiger partial charge in [-0.15, -0.1) is 11.3 Å². The van der Waals surface area contributed by atoms with Crippen LogP contribution in [0.5, 0.6) is 5.75 Å². The Morgan fingerprint density at radius 2 is 1.79 bits per heavy atom. The molecule has 29 heavy (non-hydrogen) atoms. The molecule has 154 valence electrons. The average molecular weight is 435 g/mol. The lowest BCUT2D eigenvalue weighted by Crippen LogP contribution is -2.50. The number of carbonyl (C=O) groups is 1. The number of thiophene rings is 1. The number of carbonyl (C=O) groups excluding carboxylic acids is 1. The molecule has 2 aromatic heterocycles. The molecule has 1 aromatic carbocycles. The molecule has 0 saturated carbocycles. The minimum Gasteiger partial charge on any atom is -0.497 e. The molecule has 1 saturated heterocycles. The van der Waals surface area contributed by atoms with Crippen LogP contribution < -0.4 is 4.74 Å². The largest absolute Gasteiger partial charge is 0.497 e. The second kappa shape index (κ2) is 7.43. The summed E-state index contributed by atoms with van der Waals surface area (Å²) in [7, 11) is -0.193. The Labute approximate surface area is 173 Å². The molecule has 1 aliphatic heterocycles. The summed E-state index contributed by atoms with van der Waals surface area (Å²) in [6, 6.07) is 8.22. The van der Waals surface area contributed by atoms with Crippen molar-refractivity contribution in [2.75, 3.05) is 33.3 Å². The van der Waals surface area contributed by atoms with E-state index in [0.29, 0.717) is 23.7 Å². The third-order valence-corrected chi connectivity index (χ3v) is 8.23. The van der Waals surface area contributed by atoms with Gasteiger partial charge in [0.2, 0.25) is 10.0 Å². The summed E-state index contributed by atoms with van der Waals surface area (Å²) in [5, 5.41) is 5.35. The Bertz CT molecular complexity index is 1120. The van der Waals surface area contributed by atoms with Gasteiger partial charge in [-0.1, -0.05) is 0 Å². The maximum absolute atomic E-state index is 12.9. The second-order valence-corrected chi connectivity index (χ2v) is 9.88. The minimum atomic E-state index is -3.59. The Balaban J connectivity index is 1.46. The molecule has 10 heteroatoms. The fourth-order valence-corrected chi connectivity index (χ4v) is 6.01. The molecule has 3 heterocycles. The van der Waals surface area contributed by atoms with E-state index in [-0.39, 0.29) is 23.9 Å². The smallest absolute Gasteiger partial charge is 0.264 e. The first-order chi connectivity index (χ1) is 13.8. The lowest BCUT2D eigenvalue weighted by atomic mass is 10.3. The molecule has 0 N–H and O–H groups in total. The molecule has 0 spiro atoms. The van der Waals surface area contributed by atoms with Crippen molar-refractivity contribution in [3.05, 3.63) is 40.9 Å². The predicted octanol–water partition coefficient (Wildman–Crippen LogP) is 2.10. The van der Waals surface area contributed by atoms with Gasteiger partial charge in [0, 0.05) is 38.6 Å². The van der Waals surface area contributed by atoms with Gasteiger partial charge in [0.15, 0.2) is 0 Å². The number of sulfonamides is 1. The maximum atomic E-state index is 12.9. The standard InChI is InChI=1S/C19H22N4O4S2/c1-13-16-12-17(28-19(16)21(2)20-13)18(24)22-8-10-23(11-9-22)29(25,26)15-6-4-14(27-3)5-7-15/h4-7,12H,8-11H2,1-3H3. The van der Waals surface area contributed by atoms with Crippen molar-refractivity contribution in [1.29, 1.82) is 0 Å². The van der Waals surface area contributed by atoms with Crippen molar-refractivity contribution in [3.63, 3.8) is 0 Å². The van der Waals surface area contributed by atoms with Gasteiger partial charge >= 0.3 is 0 Å². The van der Waals surface area contributed by atoms with Crippen molar-refractivity contribution in [1.82, 2.24) is 19.0 Å². The molecule has 4 rings (SSSR count). The molecular weight excluding hydrogens is 412 g/mol. The first-order valence-corrected chi connectivity index (χ1v) is 11.4. The van der Waals surface area contributed by atoms with Gasteiger partial charge in [-0.3, -0.25) is 9.48 Å². The fraction of sp³-hybridized carbons (Fsp3) is 0.368. The molecule has 0 radical (unpaired) electrons.